The summed E-state index contributed by atoms with van der Waals surface area (Å²) in [4.78, 5) is 0. The standard InChI is InChI=1S/C14H22/c1-4-6-10-13(5-2)14(3)11-8-7-9-12-14/h4-6,10H,1,7-9,11-12H2,2-3H3/b10-6-,13-5+. The van der Waals surface area contributed by atoms with Gasteiger partial charge in [-0.05, 0) is 30.8 Å². The molecule has 1 aliphatic carbocycles. The van der Waals surface area contributed by atoms with E-state index in [0.29, 0.717) is 5.41 Å². The average molecular weight is 190 g/mol. The van der Waals surface area contributed by atoms with E-state index in [1.54, 1.807) is 0 Å². The zero-order chi connectivity index (χ0) is 10.4. The van der Waals surface area contributed by atoms with Gasteiger partial charge in [0, 0.05) is 0 Å². The molecular weight excluding hydrogens is 168 g/mol. The third kappa shape index (κ3) is 2.60. The zero-order valence-corrected chi connectivity index (χ0v) is 9.55. The van der Waals surface area contributed by atoms with Crippen molar-refractivity contribution in [2.45, 2.75) is 46.0 Å². The normalized spacial score (nSPS) is 22.6. The van der Waals surface area contributed by atoms with E-state index in [0.717, 1.165) is 0 Å². The molecule has 0 aromatic carbocycles. The van der Waals surface area contributed by atoms with Crippen molar-refractivity contribution < 1.29 is 0 Å². The van der Waals surface area contributed by atoms with Crippen LogP contribution in [0, 0.1) is 5.41 Å². The molecule has 0 heterocycles. The minimum atomic E-state index is 0.423. The highest BCUT2D eigenvalue weighted by atomic mass is 14.3. The minimum absolute atomic E-state index is 0.423. The smallest absolute Gasteiger partial charge is 0.00785 e. The molecule has 0 amide bonds. The maximum atomic E-state index is 3.72. The van der Waals surface area contributed by atoms with Crippen LogP contribution < -0.4 is 0 Å². The van der Waals surface area contributed by atoms with Gasteiger partial charge in [0.25, 0.3) is 0 Å². The molecule has 0 aromatic heterocycles. The van der Waals surface area contributed by atoms with Gasteiger partial charge in [-0.1, -0.05) is 57.1 Å². The highest BCUT2D eigenvalue weighted by molar-refractivity contribution is 5.28. The van der Waals surface area contributed by atoms with Crippen LogP contribution in [0.3, 0.4) is 0 Å². The van der Waals surface area contributed by atoms with Gasteiger partial charge in [0.05, 0.1) is 0 Å². The van der Waals surface area contributed by atoms with Crippen molar-refractivity contribution >= 4 is 0 Å². The van der Waals surface area contributed by atoms with Crippen LogP contribution in [0.15, 0.2) is 36.5 Å². The van der Waals surface area contributed by atoms with Crippen molar-refractivity contribution in [2.75, 3.05) is 0 Å². The Morgan fingerprint density at radius 1 is 1.21 bits per heavy atom. The molecule has 1 aliphatic rings. The Bertz CT molecular complexity index is 237. The Morgan fingerprint density at radius 3 is 2.36 bits per heavy atom. The number of allylic oxidation sites excluding steroid dienone is 5. The molecule has 0 atom stereocenters. The van der Waals surface area contributed by atoms with Crippen LogP contribution in [0.2, 0.25) is 0 Å². The van der Waals surface area contributed by atoms with Crippen molar-refractivity contribution in [3.8, 4) is 0 Å². The number of hydrogen-bond donors (Lipinski definition) is 0. The molecule has 1 fully saturated rings. The number of hydrogen-bond acceptors (Lipinski definition) is 0. The van der Waals surface area contributed by atoms with Gasteiger partial charge in [-0.2, -0.15) is 0 Å². The molecule has 0 bridgehead atoms. The highest BCUT2D eigenvalue weighted by Gasteiger charge is 2.28. The van der Waals surface area contributed by atoms with E-state index in [4.69, 9.17) is 0 Å². The van der Waals surface area contributed by atoms with Gasteiger partial charge in [0.2, 0.25) is 0 Å². The highest BCUT2D eigenvalue weighted by Crippen LogP contribution is 2.42. The maximum absolute atomic E-state index is 3.72. The van der Waals surface area contributed by atoms with Crippen LogP contribution in [-0.4, -0.2) is 0 Å². The first-order valence-corrected chi connectivity index (χ1v) is 5.69. The van der Waals surface area contributed by atoms with E-state index in [9.17, 15) is 0 Å². The molecule has 1 rings (SSSR count). The van der Waals surface area contributed by atoms with Crippen LogP contribution >= 0.6 is 0 Å². The lowest BCUT2D eigenvalue weighted by Gasteiger charge is -2.35. The van der Waals surface area contributed by atoms with Crippen molar-refractivity contribution in [2.24, 2.45) is 5.41 Å². The Labute approximate surface area is 88.4 Å². The molecule has 0 spiro atoms. The second-order valence-corrected chi connectivity index (χ2v) is 4.46. The lowest BCUT2D eigenvalue weighted by Crippen LogP contribution is -2.21. The van der Waals surface area contributed by atoms with Crippen LogP contribution in [0.4, 0.5) is 0 Å². The van der Waals surface area contributed by atoms with Crippen molar-refractivity contribution in [1.82, 2.24) is 0 Å². The topological polar surface area (TPSA) is 0 Å². The molecule has 14 heavy (non-hydrogen) atoms. The van der Waals surface area contributed by atoms with Gasteiger partial charge in [-0.25, -0.2) is 0 Å². The molecule has 0 radical (unpaired) electrons. The molecule has 1 saturated carbocycles. The van der Waals surface area contributed by atoms with Gasteiger partial charge in [-0.3, -0.25) is 0 Å². The number of rotatable bonds is 3. The lowest BCUT2D eigenvalue weighted by molar-refractivity contribution is 0.272. The monoisotopic (exact) mass is 190 g/mol. The molecule has 0 saturated heterocycles. The van der Waals surface area contributed by atoms with Gasteiger partial charge in [-0.15, -0.1) is 0 Å². The molecular formula is C14H22. The summed E-state index contributed by atoms with van der Waals surface area (Å²) < 4.78 is 0. The van der Waals surface area contributed by atoms with Crippen molar-refractivity contribution in [3.63, 3.8) is 0 Å². The summed E-state index contributed by atoms with van der Waals surface area (Å²) in [7, 11) is 0. The molecule has 78 valence electrons. The van der Waals surface area contributed by atoms with Gasteiger partial charge in [0.15, 0.2) is 0 Å². The Hall–Kier alpha value is -0.780. The molecule has 0 nitrogen and oxygen atoms in total. The third-order valence-corrected chi connectivity index (χ3v) is 3.38. The van der Waals surface area contributed by atoms with Gasteiger partial charge in [0.1, 0.15) is 0 Å². The van der Waals surface area contributed by atoms with Crippen molar-refractivity contribution in [3.05, 3.63) is 36.5 Å². The summed E-state index contributed by atoms with van der Waals surface area (Å²) in [5.41, 5.74) is 1.91. The SMILES string of the molecule is C=C/C=C\C(=C/C)C1(C)CCCCC1. The predicted octanol–water partition coefficient (Wildman–Crippen LogP) is 4.65. The Morgan fingerprint density at radius 2 is 1.86 bits per heavy atom. The van der Waals surface area contributed by atoms with Crippen molar-refractivity contribution in [1.29, 1.82) is 0 Å². The van der Waals surface area contributed by atoms with Crippen LogP contribution in [0.25, 0.3) is 0 Å². The van der Waals surface area contributed by atoms with Gasteiger partial charge >= 0.3 is 0 Å². The molecule has 0 unspecified atom stereocenters. The van der Waals surface area contributed by atoms with E-state index in [2.05, 4.69) is 38.7 Å². The fourth-order valence-electron chi connectivity index (χ4n) is 2.44. The first kappa shape index (κ1) is 11.3. The van der Waals surface area contributed by atoms with E-state index < -0.39 is 0 Å². The second kappa shape index (κ2) is 5.19. The summed E-state index contributed by atoms with van der Waals surface area (Å²) in [6, 6.07) is 0. The van der Waals surface area contributed by atoms with E-state index in [1.807, 2.05) is 6.08 Å². The van der Waals surface area contributed by atoms with E-state index in [1.165, 1.54) is 37.7 Å². The van der Waals surface area contributed by atoms with Crippen LogP contribution in [0.1, 0.15) is 46.0 Å². The predicted molar refractivity (Wildman–Crippen MR) is 64.3 cm³/mol. The lowest BCUT2D eigenvalue weighted by atomic mass is 9.70. The minimum Gasteiger partial charge on any atom is -0.0991 e. The summed E-state index contributed by atoms with van der Waals surface area (Å²) in [6.07, 6.45) is 15.3. The average Bonchev–Trinajstić information content (AvgIpc) is 2.20. The third-order valence-electron chi connectivity index (χ3n) is 3.38. The molecule has 0 N–H and O–H groups in total. The van der Waals surface area contributed by atoms with E-state index >= 15 is 0 Å². The van der Waals surface area contributed by atoms with Gasteiger partial charge < -0.3 is 0 Å². The summed E-state index contributed by atoms with van der Waals surface area (Å²) in [6.45, 7) is 8.26. The summed E-state index contributed by atoms with van der Waals surface area (Å²) in [5, 5.41) is 0. The fourth-order valence-corrected chi connectivity index (χ4v) is 2.44. The molecule has 0 heteroatoms. The Kier molecular flexibility index (Phi) is 4.19. The summed E-state index contributed by atoms with van der Waals surface area (Å²) in [5.74, 6) is 0. The van der Waals surface area contributed by atoms with E-state index in [-0.39, 0.29) is 0 Å². The first-order valence-electron chi connectivity index (χ1n) is 5.69. The maximum Gasteiger partial charge on any atom is -0.00785 e. The molecule has 0 aromatic rings. The summed E-state index contributed by atoms with van der Waals surface area (Å²) >= 11 is 0. The Balaban J connectivity index is 2.76. The van der Waals surface area contributed by atoms with Crippen LogP contribution in [0.5, 0.6) is 0 Å². The second-order valence-electron chi connectivity index (χ2n) is 4.46. The largest absolute Gasteiger partial charge is 0.0991 e. The van der Waals surface area contributed by atoms with Crippen LogP contribution in [-0.2, 0) is 0 Å². The molecule has 0 aliphatic heterocycles. The first-order chi connectivity index (χ1) is 6.73. The zero-order valence-electron chi connectivity index (χ0n) is 9.55. The quantitative estimate of drug-likeness (QED) is 0.568. The fraction of sp³-hybridized carbons (Fsp3) is 0.571.